The third-order valence-corrected chi connectivity index (χ3v) is 14.3. The number of aliphatic imine (C=N–C) groups is 2. The van der Waals surface area contributed by atoms with E-state index < -0.39 is 0 Å². The molecule has 0 aromatic rings. The van der Waals surface area contributed by atoms with Crippen molar-refractivity contribution in [2.24, 2.45) is 45.1 Å². The monoisotopic (exact) mass is 1500 g/mol. The Kier molecular flexibility index (Phi) is 61.8. The Morgan fingerprint density at radius 1 is 0.706 bits per heavy atom. The van der Waals surface area contributed by atoms with Crippen LogP contribution >= 0.6 is 160 Å². The first-order valence-electron chi connectivity index (χ1n) is 19.2. The first-order chi connectivity index (χ1) is 30.1. The predicted molar refractivity (Wildman–Crippen MR) is 359 cm³/mol. The van der Waals surface area contributed by atoms with Crippen molar-refractivity contribution in [2.45, 2.75) is 29.7 Å². The zero-order valence-corrected chi connectivity index (χ0v) is 55.1. The number of carbonyl (C=O) groups is 4. The Morgan fingerprint density at radius 3 is 1.51 bits per heavy atom. The molecule has 0 bridgehead atoms. The van der Waals surface area contributed by atoms with Gasteiger partial charge >= 0.3 is 0 Å². The lowest BCUT2D eigenvalue weighted by Crippen LogP contribution is -2.22. The highest BCUT2D eigenvalue weighted by molar-refractivity contribution is 15.0. The van der Waals surface area contributed by atoms with Crippen LogP contribution in [0.1, 0.15) is 29.7 Å². The number of rotatable bonds is 9. The Labute approximate surface area is 475 Å². The highest BCUT2D eigenvalue weighted by Gasteiger charge is 2.29. The Bertz CT molecular complexity index is 1580. The molecule has 15 unspecified atom stereocenters. The van der Waals surface area contributed by atoms with Gasteiger partial charge in [0, 0.05) is 176 Å². The van der Waals surface area contributed by atoms with Crippen LogP contribution in [0.25, 0.3) is 0 Å². The molecule has 6 rings (SSSR count). The van der Waals surface area contributed by atoms with Crippen molar-refractivity contribution in [1.29, 1.82) is 5.26 Å². The zero-order chi connectivity index (χ0) is 47.9. The Hall–Kier alpha value is 3.15. The molecule has 6 heterocycles. The summed E-state index contributed by atoms with van der Waals surface area (Å²) in [7, 11) is 26.3. The summed E-state index contributed by atoms with van der Waals surface area (Å²) in [4.78, 5) is 52.3. The van der Waals surface area contributed by atoms with E-state index in [9.17, 15) is 19.2 Å². The fourth-order valence-electron chi connectivity index (χ4n) is 6.19. The molecule has 68 heavy (non-hydrogen) atoms. The maximum absolute atomic E-state index is 11.2. The lowest BCUT2D eigenvalue weighted by atomic mass is 10.1. The maximum Gasteiger partial charge on any atom is 0.175 e. The van der Waals surface area contributed by atoms with Gasteiger partial charge in [0.1, 0.15) is 5.92 Å². The van der Waals surface area contributed by atoms with Crippen molar-refractivity contribution >= 4 is 195 Å². The van der Waals surface area contributed by atoms with Gasteiger partial charge in [-0.05, 0) is 25.3 Å². The fraction of sp³-hybridized carbons (Fsp3) is 0.694. The van der Waals surface area contributed by atoms with Gasteiger partial charge in [0.25, 0.3) is 0 Å². The Balaban J connectivity index is -0.000000166. The summed E-state index contributed by atoms with van der Waals surface area (Å²) < 4.78 is 9.76. The number of nitrogens with one attached hydrogen (secondary N) is 4. The second-order valence-corrected chi connectivity index (χ2v) is 22.3. The minimum absolute atomic E-state index is 0. The summed E-state index contributed by atoms with van der Waals surface area (Å²) in [5, 5.41) is 21.1. The third kappa shape index (κ3) is 35.5. The van der Waals surface area contributed by atoms with Crippen LogP contribution in [0.3, 0.4) is 0 Å². The topological polar surface area (TPSA) is 233 Å². The highest BCUT2D eigenvalue weighted by Crippen LogP contribution is 2.22. The van der Waals surface area contributed by atoms with Crippen molar-refractivity contribution in [3.63, 3.8) is 0 Å². The second kappa shape index (κ2) is 50.9. The molecule has 0 aliphatic carbocycles. The van der Waals surface area contributed by atoms with Crippen LogP contribution in [-0.4, -0.2) is 170 Å². The smallest absolute Gasteiger partial charge is 0.175 e. The van der Waals surface area contributed by atoms with Gasteiger partial charge in [0.05, 0.1) is 32.2 Å². The molecule has 0 aromatic heterocycles. The summed E-state index contributed by atoms with van der Waals surface area (Å²) in [6, 6.07) is 1.94. The number of nitrogens with two attached hydrogens (primary N) is 2. The van der Waals surface area contributed by atoms with Gasteiger partial charge in [-0.1, -0.05) is 103 Å². The fourth-order valence-corrected chi connectivity index (χ4v) is 10.1. The van der Waals surface area contributed by atoms with Gasteiger partial charge in [-0.15, -0.1) is 24.0 Å². The number of nitriles is 1. The molecule has 8 N–H and O–H groups in total. The number of ketones is 4. The largest absolute Gasteiger partial charge is 0.404 e. The average molecular weight is 1500 g/mol. The molecule has 0 radical (unpaired) electrons. The first kappa shape index (κ1) is 82.5. The summed E-state index contributed by atoms with van der Waals surface area (Å²) in [5.74, 6) is 1.67. The summed E-state index contributed by atoms with van der Waals surface area (Å²) in [6.45, 7) is 11.5. The van der Waals surface area contributed by atoms with Gasteiger partial charge < -0.3 is 21.9 Å². The first-order valence-corrected chi connectivity index (χ1v) is 36.5. The molecular formula is C36H86I3N14O4P11. The quantitative estimate of drug-likeness (QED) is 0.101. The molecule has 6 fully saturated rings. The van der Waals surface area contributed by atoms with Gasteiger partial charge in [-0.2, -0.15) is 5.26 Å². The summed E-state index contributed by atoms with van der Waals surface area (Å²) in [6.07, 6.45) is 3.18. The van der Waals surface area contributed by atoms with Gasteiger partial charge in [-0.25, -0.2) is 0 Å². The lowest BCUT2D eigenvalue weighted by molar-refractivity contribution is -0.119. The van der Waals surface area contributed by atoms with E-state index in [-0.39, 0.29) is 82.9 Å². The summed E-state index contributed by atoms with van der Waals surface area (Å²) in [5.41, 5.74) is 14.8. The normalized spacial score (nSPS) is 25.1. The van der Waals surface area contributed by atoms with Crippen LogP contribution in [0.5, 0.6) is 0 Å². The van der Waals surface area contributed by atoms with Crippen LogP contribution in [0.15, 0.2) is 33.5 Å². The maximum atomic E-state index is 11.2. The molecule has 18 nitrogen and oxygen atoms in total. The minimum Gasteiger partial charge on any atom is -0.404 e. The van der Waals surface area contributed by atoms with Crippen molar-refractivity contribution < 1.29 is 19.2 Å². The zero-order valence-electron chi connectivity index (χ0n) is 36.2. The molecule has 0 spiro atoms. The Morgan fingerprint density at radius 2 is 1.18 bits per heavy atom. The third-order valence-electron chi connectivity index (χ3n) is 9.50. The van der Waals surface area contributed by atoms with E-state index in [4.69, 9.17) is 16.7 Å². The van der Waals surface area contributed by atoms with E-state index in [0.29, 0.717) is 79.3 Å². The number of hydrogen-bond donors (Lipinski definition) is 6. The van der Waals surface area contributed by atoms with Crippen molar-refractivity contribution in [1.82, 2.24) is 43.9 Å². The van der Waals surface area contributed by atoms with E-state index >= 15 is 0 Å². The SMILES string of the molecule is C.C.C.C.CN=C1CN(P)CC1CNPP.CN=C1CNCC1CN.I.II.N#CC1CN(P)CC1=O.N/C=C1/CN(P)CC1=O.O=C1CN(P)C/C1=C/NPP.O=C1CN(P)CC1CNPP. The number of carbonyl (C=O) groups excluding carboxylic acids is 4. The van der Waals surface area contributed by atoms with E-state index in [0.717, 1.165) is 72.9 Å². The molecule has 0 amide bonds. The number of halogens is 3. The van der Waals surface area contributed by atoms with E-state index in [1.807, 2.05) is 34.2 Å². The number of nitrogens with zero attached hydrogens (tertiary/aromatic N) is 8. The number of Topliss-reactive ketones (excluding diaryl/α,β-unsaturated/α-hetero) is 4. The van der Waals surface area contributed by atoms with Crippen molar-refractivity contribution in [2.75, 3.05) is 112 Å². The molecular weight excluding hydrogens is 1410 g/mol. The molecule has 32 heteroatoms. The highest BCUT2D eigenvalue weighted by atomic mass is 128. The lowest BCUT2D eigenvalue weighted by Gasteiger charge is -2.09. The minimum atomic E-state index is -0.387. The standard InChI is InChI=1S/C6H16N3P3.C6H13N3.C5H13N2OP3.C5H11N2OP3.C5H9N2OP.C5H7N2OP.4CH4.I2.HI/c1-7-6-4-9(10)3-5(6)2-8-12-11;1-8-6-4-9-3-5(6)2-7;2*8-5-3-7(9)2-4(5)1-6-11-10;2*6-1-4-2-7(9)3-5(4)8;;;;;1-2;/h5,8,12H,2-4,10-11H2,1H3;5,9H,2-4,7H2,1H3;4,6,11H,1-3,9-10H2;1,6,11H,2-3,9-10H2;1H,2-3,6,9H2;4H,2-3,9H2;4*1H4;;1H/b;;;2*4-1-;;;;;;;. The van der Waals surface area contributed by atoms with Crippen LogP contribution in [0, 0.1) is 35.0 Å². The predicted octanol–water partition coefficient (Wildman–Crippen LogP) is 5.00. The molecule has 0 aromatic carbocycles. The van der Waals surface area contributed by atoms with E-state index in [1.54, 1.807) is 10.9 Å². The van der Waals surface area contributed by atoms with Gasteiger partial charge in [0.2, 0.25) is 0 Å². The van der Waals surface area contributed by atoms with Crippen molar-refractivity contribution in [3.8, 4) is 6.07 Å². The van der Waals surface area contributed by atoms with Crippen LogP contribution in [0.4, 0.5) is 0 Å². The molecule has 400 valence electrons. The van der Waals surface area contributed by atoms with Gasteiger partial charge in [-0.3, -0.25) is 62.7 Å². The molecule has 0 saturated carbocycles. The molecule has 6 saturated heterocycles. The number of hydrogen-bond acceptors (Lipinski definition) is 18. The molecule has 15 atom stereocenters. The summed E-state index contributed by atoms with van der Waals surface area (Å²) >= 11 is 4.24. The van der Waals surface area contributed by atoms with Crippen LogP contribution in [0.2, 0.25) is 0 Å². The molecule has 6 aliphatic heterocycles. The average Bonchev–Trinajstić information content (AvgIpc) is 4.13. The molecule has 6 aliphatic rings. The van der Waals surface area contributed by atoms with E-state index in [2.05, 4.69) is 146 Å². The van der Waals surface area contributed by atoms with E-state index in [1.165, 1.54) is 17.6 Å². The van der Waals surface area contributed by atoms with Crippen LogP contribution in [-0.2, 0) is 19.2 Å². The second-order valence-electron chi connectivity index (χ2n) is 14.1. The van der Waals surface area contributed by atoms with Crippen LogP contribution < -0.4 is 32.0 Å². The van der Waals surface area contributed by atoms with Crippen molar-refractivity contribution in [3.05, 3.63) is 23.5 Å². The van der Waals surface area contributed by atoms with Gasteiger partial charge in [0.15, 0.2) is 23.1 Å².